The summed E-state index contributed by atoms with van der Waals surface area (Å²) in [6, 6.07) is 12.2. The SMILES string of the molecule is CN=C(NCc1ccccc1OCC1CC1)NCC(c1ccco1)N(C)C.I. The molecule has 1 unspecified atom stereocenters. The third kappa shape index (κ3) is 6.70. The minimum Gasteiger partial charge on any atom is -0.493 e. The van der Waals surface area contributed by atoms with E-state index in [0.717, 1.165) is 35.6 Å². The summed E-state index contributed by atoms with van der Waals surface area (Å²) in [7, 11) is 5.86. The normalized spacial score (nSPS) is 15.1. The molecule has 1 aliphatic rings. The molecule has 6 nitrogen and oxygen atoms in total. The first-order valence-electron chi connectivity index (χ1n) is 9.52. The number of hydrogen-bond donors (Lipinski definition) is 2. The summed E-state index contributed by atoms with van der Waals surface area (Å²) in [5.41, 5.74) is 1.14. The van der Waals surface area contributed by atoms with Crippen molar-refractivity contribution in [2.75, 3.05) is 34.3 Å². The van der Waals surface area contributed by atoms with Crippen LogP contribution in [0.15, 0.2) is 52.1 Å². The van der Waals surface area contributed by atoms with Crippen LogP contribution in [-0.4, -0.2) is 45.2 Å². The minimum absolute atomic E-state index is 0. The van der Waals surface area contributed by atoms with Crippen molar-refractivity contribution < 1.29 is 9.15 Å². The molecule has 1 saturated carbocycles. The highest BCUT2D eigenvalue weighted by Gasteiger charge is 2.22. The molecule has 0 amide bonds. The van der Waals surface area contributed by atoms with Gasteiger partial charge in [-0.05, 0) is 51.1 Å². The Morgan fingerprint density at radius 1 is 1.21 bits per heavy atom. The second-order valence-electron chi connectivity index (χ2n) is 7.16. The molecule has 154 valence electrons. The van der Waals surface area contributed by atoms with E-state index in [4.69, 9.17) is 9.15 Å². The largest absolute Gasteiger partial charge is 0.493 e. The molecule has 0 radical (unpaired) electrons. The predicted molar refractivity (Wildman–Crippen MR) is 123 cm³/mol. The molecule has 2 N–H and O–H groups in total. The third-order valence-electron chi connectivity index (χ3n) is 4.77. The van der Waals surface area contributed by atoms with Crippen LogP contribution in [-0.2, 0) is 6.54 Å². The molecule has 0 saturated heterocycles. The van der Waals surface area contributed by atoms with Crippen molar-refractivity contribution in [1.82, 2.24) is 15.5 Å². The number of halogens is 1. The van der Waals surface area contributed by atoms with E-state index >= 15 is 0 Å². The molecule has 1 fully saturated rings. The second-order valence-corrected chi connectivity index (χ2v) is 7.16. The fourth-order valence-corrected chi connectivity index (χ4v) is 2.89. The smallest absolute Gasteiger partial charge is 0.191 e. The summed E-state index contributed by atoms with van der Waals surface area (Å²) < 4.78 is 11.5. The molecular formula is C21H31IN4O2. The first kappa shape index (κ1) is 22.5. The van der Waals surface area contributed by atoms with Crippen LogP contribution >= 0.6 is 24.0 Å². The second kappa shape index (κ2) is 11.3. The first-order valence-corrected chi connectivity index (χ1v) is 9.52. The lowest BCUT2D eigenvalue weighted by atomic mass is 10.2. The van der Waals surface area contributed by atoms with Crippen LogP contribution in [0.1, 0.15) is 30.2 Å². The molecule has 0 bridgehead atoms. The Morgan fingerprint density at radius 2 is 2.00 bits per heavy atom. The Kier molecular flexibility index (Phi) is 9.11. The third-order valence-corrected chi connectivity index (χ3v) is 4.77. The number of ether oxygens (including phenoxy) is 1. The van der Waals surface area contributed by atoms with E-state index in [1.54, 1.807) is 13.3 Å². The van der Waals surface area contributed by atoms with E-state index in [-0.39, 0.29) is 30.0 Å². The number of benzene rings is 1. The van der Waals surface area contributed by atoms with Gasteiger partial charge in [-0.3, -0.25) is 9.89 Å². The Hall–Kier alpha value is -1.74. The molecule has 1 aromatic heterocycles. The fourth-order valence-electron chi connectivity index (χ4n) is 2.89. The Bertz CT molecular complexity index is 730. The van der Waals surface area contributed by atoms with Gasteiger partial charge >= 0.3 is 0 Å². The number of hydrogen-bond acceptors (Lipinski definition) is 4. The summed E-state index contributed by atoms with van der Waals surface area (Å²) in [6.45, 7) is 2.17. The van der Waals surface area contributed by atoms with Crippen molar-refractivity contribution >= 4 is 29.9 Å². The maximum absolute atomic E-state index is 5.99. The van der Waals surface area contributed by atoms with Crippen LogP contribution in [0.25, 0.3) is 0 Å². The quantitative estimate of drug-likeness (QED) is 0.314. The van der Waals surface area contributed by atoms with E-state index < -0.39 is 0 Å². The summed E-state index contributed by atoms with van der Waals surface area (Å²) >= 11 is 0. The molecule has 0 aliphatic heterocycles. The van der Waals surface area contributed by atoms with Gasteiger partial charge in [0.1, 0.15) is 11.5 Å². The van der Waals surface area contributed by atoms with E-state index in [0.29, 0.717) is 13.1 Å². The molecule has 2 aromatic rings. The number of furan rings is 1. The van der Waals surface area contributed by atoms with Crippen molar-refractivity contribution in [3.63, 3.8) is 0 Å². The van der Waals surface area contributed by atoms with Crippen molar-refractivity contribution in [3.8, 4) is 5.75 Å². The van der Waals surface area contributed by atoms with Gasteiger partial charge in [0.2, 0.25) is 0 Å². The van der Waals surface area contributed by atoms with Crippen molar-refractivity contribution in [2.45, 2.75) is 25.4 Å². The lowest BCUT2D eigenvalue weighted by Gasteiger charge is -2.24. The van der Waals surface area contributed by atoms with E-state index in [2.05, 4.69) is 26.6 Å². The molecule has 28 heavy (non-hydrogen) atoms. The van der Waals surface area contributed by atoms with Crippen LogP contribution in [0.5, 0.6) is 5.75 Å². The van der Waals surface area contributed by atoms with Gasteiger partial charge in [0, 0.05) is 25.7 Å². The number of nitrogens with zero attached hydrogens (tertiary/aromatic N) is 2. The van der Waals surface area contributed by atoms with Crippen LogP contribution in [0, 0.1) is 5.92 Å². The van der Waals surface area contributed by atoms with Crippen LogP contribution in [0.3, 0.4) is 0 Å². The average molecular weight is 498 g/mol. The standard InChI is InChI=1S/C21H30N4O2.HI/c1-22-21(24-14-18(25(2)3)20-9-6-12-26-20)23-13-17-7-4-5-8-19(17)27-15-16-10-11-16;/h4-9,12,16,18H,10-11,13-15H2,1-3H3,(H2,22,23,24);1H. The van der Waals surface area contributed by atoms with Gasteiger partial charge in [-0.15, -0.1) is 24.0 Å². The first-order chi connectivity index (χ1) is 13.2. The van der Waals surface area contributed by atoms with Gasteiger partial charge in [-0.2, -0.15) is 0 Å². The number of aliphatic imine (C=N–C) groups is 1. The van der Waals surface area contributed by atoms with Gasteiger partial charge in [-0.1, -0.05) is 18.2 Å². The lowest BCUT2D eigenvalue weighted by Crippen LogP contribution is -2.41. The fraction of sp³-hybridized carbons (Fsp3) is 0.476. The predicted octanol–water partition coefficient (Wildman–Crippen LogP) is 3.65. The highest BCUT2D eigenvalue weighted by atomic mass is 127. The zero-order chi connectivity index (χ0) is 19.1. The molecule has 1 aromatic carbocycles. The summed E-state index contributed by atoms with van der Waals surface area (Å²) in [5, 5.41) is 6.76. The zero-order valence-electron chi connectivity index (χ0n) is 16.9. The number of guanidine groups is 1. The van der Waals surface area contributed by atoms with Crippen LogP contribution in [0.4, 0.5) is 0 Å². The zero-order valence-corrected chi connectivity index (χ0v) is 19.2. The molecule has 1 atom stereocenters. The van der Waals surface area contributed by atoms with Gasteiger partial charge in [-0.25, -0.2) is 0 Å². The average Bonchev–Trinajstić information content (AvgIpc) is 3.35. The highest BCUT2D eigenvalue weighted by Crippen LogP contribution is 2.30. The van der Waals surface area contributed by atoms with Crippen LogP contribution < -0.4 is 15.4 Å². The Labute approximate surface area is 184 Å². The number of para-hydroxylation sites is 1. The Morgan fingerprint density at radius 3 is 2.64 bits per heavy atom. The van der Waals surface area contributed by atoms with Gasteiger partial charge in [0.15, 0.2) is 5.96 Å². The van der Waals surface area contributed by atoms with Crippen molar-refractivity contribution in [3.05, 3.63) is 54.0 Å². The topological polar surface area (TPSA) is 62.0 Å². The summed E-state index contributed by atoms with van der Waals surface area (Å²) in [5.74, 6) is 3.38. The highest BCUT2D eigenvalue weighted by molar-refractivity contribution is 14.0. The van der Waals surface area contributed by atoms with Crippen LogP contribution in [0.2, 0.25) is 0 Å². The monoisotopic (exact) mass is 498 g/mol. The molecular weight excluding hydrogens is 467 g/mol. The lowest BCUT2D eigenvalue weighted by molar-refractivity contribution is 0.258. The number of likely N-dealkylation sites (N-methyl/N-ethyl adjacent to an activating group) is 1. The van der Waals surface area contributed by atoms with Gasteiger partial charge in [0.25, 0.3) is 0 Å². The molecule has 1 aliphatic carbocycles. The van der Waals surface area contributed by atoms with E-state index in [9.17, 15) is 0 Å². The van der Waals surface area contributed by atoms with Crippen molar-refractivity contribution in [1.29, 1.82) is 0 Å². The molecule has 1 heterocycles. The Balaban J connectivity index is 0.00000280. The maximum atomic E-state index is 5.99. The number of rotatable bonds is 9. The van der Waals surface area contributed by atoms with Gasteiger partial charge in [0.05, 0.1) is 18.9 Å². The number of nitrogens with one attached hydrogen (secondary N) is 2. The minimum atomic E-state index is 0. The molecule has 0 spiro atoms. The van der Waals surface area contributed by atoms with Crippen molar-refractivity contribution in [2.24, 2.45) is 10.9 Å². The van der Waals surface area contributed by atoms with E-state index in [1.165, 1.54) is 12.8 Å². The van der Waals surface area contributed by atoms with E-state index in [1.807, 2.05) is 44.4 Å². The van der Waals surface area contributed by atoms with Gasteiger partial charge < -0.3 is 19.8 Å². The summed E-state index contributed by atoms with van der Waals surface area (Å²) in [6.07, 6.45) is 4.29. The maximum Gasteiger partial charge on any atom is 0.191 e. The molecule has 3 rings (SSSR count). The summed E-state index contributed by atoms with van der Waals surface area (Å²) in [4.78, 5) is 6.46. The molecule has 7 heteroatoms.